The molecule has 5 rings (SSSR count). The van der Waals surface area contributed by atoms with Crippen LogP contribution in [-0.4, -0.2) is 35.7 Å². The molecule has 4 nitrogen and oxygen atoms in total. The van der Waals surface area contributed by atoms with Gasteiger partial charge in [-0.1, -0.05) is 43.3 Å². The summed E-state index contributed by atoms with van der Waals surface area (Å²) in [7, 11) is 0. The fourth-order valence-electron chi connectivity index (χ4n) is 4.94. The summed E-state index contributed by atoms with van der Waals surface area (Å²) in [4.78, 5) is 6.07. The van der Waals surface area contributed by atoms with Gasteiger partial charge in [-0.3, -0.25) is 4.90 Å². The number of fused-ring (bicyclic) bond motifs is 3. The normalized spacial score (nSPS) is 18.5. The molecule has 1 aliphatic rings. The summed E-state index contributed by atoms with van der Waals surface area (Å²) >= 11 is 0. The number of nitrogens with zero attached hydrogens (tertiary/aromatic N) is 1. The highest BCUT2D eigenvalue weighted by atomic mass is 16.5. The molecule has 0 saturated carbocycles. The van der Waals surface area contributed by atoms with Crippen molar-refractivity contribution in [1.82, 2.24) is 15.2 Å². The molecule has 0 radical (unpaired) electrons. The SMILES string of the molecule is CCC(Oc1ccc2c(c1)[nH]c1ccccc12)N1CCNCC1c1cccc(C)c1C. The van der Waals surface area contributed by atoms with Gasteiger partial charge in [-0.05, 0) is 55.2 Å². The lowest BCUT2D eigenvalue weighted by atomic mass is 9.95. The minimum Gasteiger partial charge on any atom is -0.475 e. The Morgan fingerprint density at radius 1 is 1.00 bits per heavy atom. The Labute approximate surface area is 184 Å². The van der Waals surface area contributed by atoms with Crippen LogP contribution in [0, 0.1) is 13.8 Å². The van der Waals surface area contributed by atoms with E-state index in [4.69, 9.17) is 4.74 Å². The number of H-pyrrole nitrogens is 1. The van der Waals surface area contributed by atoms with Crippen molar-refractivity contribution >= 4 is 21.8 Å². The molecule has 0 spiro atoms. The molecule has 1 fully saturated rings. The second-order valence-corrected chi connectivity index (χ2v) is 8.61. The van der Waals surface area contributed by atoms with Crippen molar-refractivity contribution < 1.29 is 4.74 Å². The number of hydrogen-bond acceptors (Lipinski definition) is 3. The van der Waals surface area contributed by atoms with Crippen LogP contribution in [0.3, 0.4) is 0 Å². The maximum absolute atomic E-state index is 6.61. The molecule has 2 atom stereocenters. The zero-order valence-corrected chi connectivity index (χ0v) is 18.6. The summed E-state index contributed by atoms with van der Waals surface area (Å²) in [5.41, 5.74) is 6.43. The molecular weight excluding hydrogens is 382 g/mol. The molecule has 2 unspecified atom stereocenters. The Bertz CT molecular complexity index is 1210. The Kier molecular flexibility index (Phi) is 5.43. The first-order chi connectivity index (χ1) is 15.2. The van der Waals surface area contributed by atoms with Crippen LogP contribution in [0.4, 0.5) is 0 Å². The van der Waals surface area contributed by atoms with E-state index in [1.54, 1.807) is 0 Å². The summed E-state index contributed by atoms with van der Waals surface area (Å²) in [5, 5.41) is 6.09. The second-order valence-electron chi connectivity index (χ2n) is 8.61. The molecule has 0 aliphatic carbocycles. The predicted molar refractivity (Wildman–Crippen MR) is 129 cm³/mol. The Morgan fingerprint density at radius 2 is 1.84 bits per heavy atom. The minimum absolute atomic E-state index is 0.0360. The molecule has 160 valence electrons. The summed E-state index contributed by atoms with van der Waals surface area (Å²) in [6, 6.07) is 21.8. The molecule has 31 heavy (non-hydrogen) atoms. The monoisotopic (exact) mass is 413 g/mol. The Morgan fingerprint density at radius 3 is 2.71 bits per heavy atom. The standard InChI is InChI=1S/C27H31N3O/c1-4-27(30-15-14-28-17-26(30)21-10-7-8-18(2)19(21)3)31-20-12-13-23-22-9-5-6-11-24(22)29-25(23)16-20/h5-13,16,26-29H,4,14-15,17H2,1-3H3. The van der Waals surface area contributed by atoms with Crippen LogP contribution in [0.25, 0.3) is 21.8 Å². The lowest BCUT2D eigenvalue weighted by molar-refractivity contribution is -0.0203. The van der Waals surface area contributed by atoms with Gasteiger partial charge in [0.15, 0.2) is 6.23 Å². The third kappa shape index (κ3) is 3.71. The zero-order chi connectivity index (χ0) is 21.4. The molecule has 4 aromatic rings. The first-order valence-electron chi connectivity index (χ1n) is 11.4. The number of benzene rings is 3. The van der Waals surface area contributed by atoms with E-state index >= 15 is 0 Å². The molecular formula is C27H31N3O. The lowest BCUT2D eigenvalue weighted by Gasteiger charge is -2.41. The Balaban J connectivity index is 1.45. The van der Waals surface area contributed by atoms with E-state index in [0.717, 1.165) is 37.3 Å². The molecule has 4 heteroatoms. The molecule has 2 N–H and O–H groups in total. The molecule has 2 heterocycles. The van der Waals surface area contributed by atoms with Gasteiger partial charge < -0.3 is 15.0 Å². The van der Waals surface area contributed by atoms with Crippen LogP contribution < -0.4 is 10.1 Å². The van der Waals surface area contributed by atoms with Gasteiger partial charge in [0, 0.05) is 42.0 Å². The maximum Gasteiger partial charge on any atom is 0.152 e. The van der Waals surface area contributed by atoms with Gasteiger partial charge >= 0.3 is 0 Å². The van der Waals surface area contributed by atoms with Crippen molar-refractivity contribution in [3.8, 4) is 5.75 Å². The molecule has 1 saturated heterocycles. The van der Waals surface area contributed by atoms with Gasteiger partial charge in [-0.25, -0.2) is 0 Å². The summed E-state index contributed by atoms with van der Waals surface area (Å²) in [6.45, 7) is 9.57. The molecule has 3 aromatic carbocycles. The van der Waals surface area contributed by atoms with Crippen molar-refractivity contribution in [3.05, 3.63) is 77.4 Å². The topological polar surface area (TPSA) is 40.3 Å². The van der Waals surface area contributed by atoms with E-state index in [1.165, 1.54) is 33.0 Å². The molecule has 0 amide bonds. The number of rotatable bonds is 5. The number of para-hydroxylation sites is 1. The largest absolute Gasteiger partial charge is 0.475 e. The summed E-state index contributed by atoms with van der Waals surface area (Å²) in [5.74, 6) is 0.921. The van der Waals surface area contributed by atoms with Gasteiger partial charge in [0.1, 0.15) is 5.75 Å². The first kappa shape index (κ1) is 20.1. The van der Waals surface area contributed by atoms with Crippen LogP contribution in [-0.2, 0) is 0 Å². The second kappa shape index (κ2) is 8.37. The zero-order valence-electron chi connectivity index (χ0n) is 18.6. The number of aromatic amines is 1. The minimum atomic E-state index is 0.0360. The first-order valence-corrected chi connectivity index (χ1v) is 11.4. The van der Waals surface area contributed by atoms with Crippen molar-refractivity contribution in [3.63, 3.8) is 0 Å². The number of ether oxygens (including phenoxy) is 1. The van der Waals surface area contributed by atoms with Crippen molar-refractivity contribution in [2.45, 2.75) is 39.5 Å². The maximum atomic E-state index is 6.61. The molecule has 0 bridgehead atoms. The van der Waals surface area contributed by atoms with Crippen LogP contribution >= 0.6 is 0 Å². The number of aryl methyl sites for hydroxylation is 1. The smallest absolute Gasteiger partial charge is 0.152 e. The molecule has 1 aromatic heterocycles. The van der Waals surface area contributed by atoms with Gasteiger partial charge in [-0.15, -0.1) is 0 Å². The van der Waals surface area contributed by atoms with E-state index in [9.17, 15) is 0 Å². The van der Waals surface area contributed by atoms with E-state index in [1.807, 2.05) is 0 Å². The van der Waals surface area contributed by atoms with Gasteiger partial charge in [0.05, 0.1) is 11.6 Å². The number of aromatic nitrogens is 1. The van der Waals surface area contributed by atoms with Crippen LogP contribution in [0.15, 0.2) is 60.7 Å². The van der Waals surface area contributed by atoms with Gasteiger partial charge in [-0.2, -0.15) is 0 Å². The van der Waals surface area contributed by atoms with E-state index in [0.29, 0.717) is 6.04 Å². The van der Waals surface area contributed by atoms with Crippen LogP contribution in [0.5, 0.6) is 5.75 Å². The van der Waals surface area contributed by atoms with E-state index in [-0.39, 0.29) is 6.23 Å². The Hall–Kier alpha value is -2.82. The lowest BCUT2D eigenvalue weighted by Crippen LogP contribution is -2.52. The fourth-order valence-corrected chi connectivity index (χ4v) is 4.94. The average Bonchev–Trinajstić information content (AvgIpc) is 3.17. The third-order valence-electron chi connectivity index (χ3n) is 6.76. The number of piperazine rings is 1. The quantitative estimate of drug-likeness (QED) is 0.441. The van der Waals surface area contributed by atoms with E-state index in [2.05, 4.69) is 96.6 Å². The van der Waals surface area contributed by atoms with Crippen LogP contribution in [0.1, 0.15) is 36.1 Å². The summed E-state index contributed by atoms with van der Waals surface area (Å²) in [6.07, 6.45) is 0.973. The highest BCUT2D eigenvalue weighted by molar-refractivity contribution is 6.07. The summed E-state index contributed by atoms with van der Waals surface area (Å²) < 4.78 is 6.61. The van der Waals surface area contributed by atoms with Gasteiger partial charge in [0.25, 0.3) is 0 Å². The van der Waals surface area contributed by atoms with E-state index < -0.39 is 0 Å². The fraction of sp³-hybridized carbons (Fsp3) is 0.333. The number of hydrogen-bond donors (Lipinski definition) is 2. The predicted octanol–water partition coefficient (Wildman–Crippen LogP) is 5.70. The van der Waals surface area contributed by atoms with Gasteiger partial charge in [0.2, 0.25) is 0 Å². The third-order valence-corrected chi connectivity index (χ3v) is 6.76. The highest BCUT2D eigenvalue weighted by Crippen LogP contribution is 2.32. The van der Waals surface area contributed by atoms with Crippen molar-refractivity contribution in [1.29, 1.82) is 0 Å². The number of nitrogens with one attached hydrogen (secondary N) is 2. The average molecular weight is 414 g/mol. The highest BCUT2D eigenvalue weighted by Gasteiger charge is 2.31. The molecule has 1 aliphatic heterocycles. The van der Waals surface area contributed by atoms with Crippen LogP contribution in [0.2, 0.25) is 0 Å². The van der Waals surface area contributed by atoms with Crippen molar-refractivity contribution in [2.24, 2.45) is 0 Å². The van der Waals surface area contributed by atoms with Crippen molar-refractivity contribution in [2.75, 3.05) is 19.6 Å².